The summed E-state index contributed by atoms with van der Waals surface area (Å²) in [6.45, 7) is 2.16. The van der Waals surface area contributed by atoms with E-state index in [2.05, 4.69) is 41.3 Å². The lowest BCUT2D eigenvalue weighted by Crippen LogP contribution is -2.39. The molecule has 3 nitrogen and oxygen atoms in total. The molecule has 0 fully saturated rings. The molecule has 2 aliphatic heterocycles. The number of methoxy groups -OCH3 is 2. The Morgan fingerprint density at radius 2 is 1.68 bits per heavy atom. The van der Waals surface area contributed by atoms with E-state index in [1.165, 1.54) is 22.3 Å². The zero-order valence-electron chi connectivity index (χ0n) is 13.1. The molecule has 0 N–H and O–H groups in total. The van der Waals surface area contributed by atoms with E-state index in [0.717, 1.165) is 37.4 Å². The third-order valence-corrected chi connectivity index (χ3v) is 5.02. The molecule has 0 amide bonds. The number of benzene rings is 2. The van der Waals surface area contributed by atoms with Gasteiger partial charge in [-0.25, -0.2) is 0 Å². The van der Waals surface area contributed by atoms with Gasteiger partial charge in [-0.2, -0.15) is 0 Å². The van der Waals surface area contributed by atoms with E-state index in [-0.39, 0.29) is 0 Å². The van der Waals surface area contributed by atoms with Crippen LogP contribution in [0.5, 0.6) is 11.5 Å². The van der Waals surface area contributed by atoms with Gasteiger partial charge in [0.05, 0.1) is 14.2 Å². The van der Waals surface area contributed by atoms with Crippen molar-refractivity contribution in [2.24, 2.45) is 0 Å². The minimum Gasteiger partial charge on any atom is -0.493 e. The first-order valence-corrected chi connectivity index (χ1v) is 7.86. The fourth-order valence-electron chi connectivity index (χ4n) is 3.85. The lowest BCUT2D eigenvalue weighted by atomic mass is 9.84. The first kappa shape index (κ1) is 13.6. The van der Waals surface area contributed by atoms with Crippen LogP contribution in [0.3, 0.4) is 0 Å². The van der Waals surface area contributed by atoms with Crippen molar-refractivity contribution < 1.29 is 9.47 Å². The fraction of sp³-hybridized carbons (Fsp3) is 0.368. The molecular formula is C19H21NO2. The normalized spacial score (nSPS) is 19.8. The summed E-state index contributed by atoms with van der Waals surface area (Å²) in [5, 5.41) is 0. The van der Waals surface area contributed by atoms with Gasteiger partial charge >= 0.3 is 0 Å². The van der Waals surface area contributed by atoms with Crippen LogP contribution < -0.4 is 9.47 Å². The van der Waals surface area contributed by atoms with Crippen LogP contribution in [-0.4, -0.2) is 25.7 Å². The number of hydrogen-bond donors (Lipinski definition) is 0. The largest absolute Gasteiger partial charge is 0.493 e. The Morgan fingerprint density at radius 3 is 2.45 bits per heavy atom. The molecule has 0 aromatic heterocycles. The quantitative estimate of drug-likeness (QED) is 0.848. The third-order valence-electron chi connectivity index (χ3n) is 5.02. The average Bonchev–Trinajstić information content (AvgIpc) is 2.58. The van der Waals surface area contributed by atoms with Gasteiger partial charge in [-0.05, 0) is 47.2 Å². The molecule has 114 valence electrons. The standard InChI is InChI=1S/C19H21NO2/c1-21-18-10-14-7-8-20-12-15-6-4-3-5-13(15)9-17(20)16(14)11-19(18)22-2/h3-6,10-11,17H,7-9,12H2,1-2H3/t17-/m1/s1. The fourth-order valence-corrected chi connectivity index (χ4v) is 3.85. The molecule has 0 aliphatic carbocycles. The molecule has 2 aromatic rings. The molecule has 4 rings (SSSR count). The first-order valence-electron chi connectivity index (χ1n) is 7.86. The molecule has 0 saturated carbocycles. The Morgan fingerprint density at radius 1 is 0.955 bits per heavy atom. The molecule has 2 aromatic carbocycles. The Labute approximate surface area is 131 Å². The SMILES string of the molecule is COc1cc2c(cc1OC)[C@H]1Cc3ccccc3CN1CC2. The van der Waals surface area contributed by atoms with E-state index < -0.39 is 0 Å². The smallest absolute Gasteiger partial charge is 0.161 e. The van der Waals surface area contributed by atoms with Gasteiger partial charge in [0.2, 0.25) is 0 Å². The van der Waals surface area contributed by atoms with Crippen molar-refractivity contribution in [2.75, 3.05) is 20.8 Å². The van der Waals surface area contributed by atoms with Crippen LogP contribution in [0.4, 0.5) is 0 Å². The summed E-state index contributed by atoms with van der Waals surface area (Å²) in [7, 11) is 3.41. The number of fused-ring (bicyclic) bond motifs is 4. The van der Waals surface area contributed by atoms with Gasteiger partial charge in [0, 0.05) is 19.1 Å². The zero-order valence-corrected chi connectivity index (χ0v) is 13.1. The highest BCUT2D eigenvalue weighted by atomic mass is 16.5. The molecule has 2 heterocycles. The Bertz CT molecular complexity index is 711. The van der Waals surface area contributed by atoms with Crippen LogP contribution in [0.25, 0.3) is 0 Å². The number of rotatable bonds is 2. The summed E-state index contributed by atoms with van der Waals surface area (Å²) in [5.74, 6) is 1.67. The van der Waals surface area contributed by atoms with E-state index in [0.29, 0.717) is 6.04 Å². The third kappa shape index (κ3) is 2.08. The predicted molar refractivity (Wildman–Crippen MR) is 86.5 cm³/mol. The second-order valence-corrected chi connectivity index (χ2v) is 6.12. The van der Waals surface area contributed by atoms with Gasteiger partial charge in [0.1, 0.15) is 0 Å². The van der Waals surface area contributed by atoms with E-state index in [4.69, 9.17) is 9.47 Å². The molecule has 0 bridgehead atoms. The first-order chi connectivity index (χ1) is 10.8. The van der Waals surface area contributed by atoms with Gasteiger partial charge in [0.15, 0.2) is 11.5 Å². The van der Waals surface area contributed by atoms with Crippen molar-refractivity contribution in [3.05, 3.63) is 58.7 Å². The number of ether oxygens (including phenoxy) is 2. The average molecular weight is 295 g/mol. The minimum atomic E-state index is 0.457. The molecule has 1 atom stereocenters. The van der Waals surface area contributed by atoms with Crippen molar-refractivity contribution in [3.63, 3.8) is 0 Å². The molecule has 0 saturated heterocycles. The zero-order chi connectivity index (χ0) is 15.1. The second-order valence-electron chi connectivity index (χ2n) is 6.12. The van der Waals surface area contributed by atoms with Gasteiger partial charge in [-0.3, -0.25) is 4.90 Å². The number of hydrogen-bond acceptors (Lipinski definition) is 3. The topological polar surface area (TPSA) is 21.7 Å². The summed E-state index contributed by atoms with van der Waals surface area (Å²) >= 11 is 0. The Balaban J connectivity index is 1.77. The summed E-state index contributed by atoms with van der Waals surface area (Å²) in [6.07, 6.45) is 2.16. The molecular weight excluding hydrogens is 274 g/mol. The van der Waals surface area contributed by atoms with Crippen LogP contribution in [0, 0.1) is 0 Å². The highest BCUT2D eigenvalue weighted by Gasteiger charge is 2.32. The molecule has 3 heteroatoms. The van der Waals surface area contributed by atoms with Crippen LogP contribution in [0.1, 0.15) is 28.3 Å². The lowest BCUT2D eigenvalue weighted by molar-refractivity contribution is 0.160. The van der Waals surface area contributed by atoms with Crippen molar-refractivity contribution >= 4 is 0 Å². The van der Waals surface area contributed by atoms with Crippen LogP contribution in [0.15, 0.2) is 36.4 Å². The summed E-state index contributed by atoms with van der Waals surface area (Å²) < 4.78 is 11.0. The van der Waals surface area contributed by atoms with Crippen molar-refractivity contribution in [1.29, 1.82) is 0 Å². The van der Waals surface area contributed by atoms with Gasteiger partial charge < -0.3 is 9.47 Å². The molecule has 2 aliphatic rings. The Hall–Kier alpha value is -2.00. The van der Waals surface area contributed by atoms with Gasteiger partial charge in [0.25, 0.3) is 0 Å². The molecule has 22 heavy (non-hydrogen) atoms. The van der Waals surface area contributed by atoms with E-state index >= 15 is 0 Å². The molecule has 0 unspecified atom stereocenters. The monoisotopic (exact) mass is 295 g/mol. The Kier molecular flexibility index (Phi) is 3.30. The van der Waals surface area contributed by atoms with Crippen molar-refractivity contribution in [1.82, 2.24) is 4.90 Å². The maximum Gasteiger partial charge on any atom is 0.161 e. The molecule has 0 spiro atoms. The van der Waals surface area contributed by atoms with Crippen LogP contribution in [0.2, 0.25) is 0 Å². The van der Waals surface area contributed by atoms with Gasteiger partial charge in [-0.15, -0.1) is 0 Å². The van der Waals surface area contributed by atoms with Crippen molar-refractivity contribution in [2.45, 2.75) is 25.4 Å². The maximum atomic E-state index is 5.51. The van der Waals surface area contributed by atoms with Crippen LogP contribution >= 0.6 is 0 Å². The number of nitrogens with zero attached hydrogens (tertiary/aromatic N) is 1. The van der Waals surface area contributed by atoms with E-state index in [1.54, 1.807) is 14.2 Å². The summed E-state index contributed by atoms with van der Waals surface area (Å²) in [4.78, 5) is 2.59. The predicted octanol–water partition coefficient (Wildman–Crippen LogP) is 3.36. The maximum absolute atomic E-state index is 5.51. The highest BCUT2D eigenvalue weighted by molar-refractivity contribution is 5.50. The summed E-state index contributed by atoms with van der Waals surface area (Å²) in [6, 6.07) is 13.6. The highest BCUT2D eigenvalue weighted by Crippen LogP contribution is 2.42. The van der Waals surface area contributed by atoms with E-state index in [1.807, 2.05) is 0 Å². The lowest BCUT2D eigenvalue weighted by Gasteiger charge is -2.41. The van der Waals surface area contributed by atoms with Gasteiger partial charge in [-0.1, -0.05) is 24.3 Å². The summed E-state index contributed by atoms with van der Waals surface area (Å²) in [5.41, 5.74) is 5.76. The van der Waals surface area contributed by atoms with E-state index in [9.17, 15) is 0 Å². The molecule has 0 radical (unpaired) electrons. The second kappa shape index (κ2) is 5.33. The minimum absolute atomic E-state index is 0.457. The van der Waals surface area contributed by atoms with Crippen molar-refractivity contribution in [3.8, 4) is 11.5 Å². The van der Waals surface area contributed by atoms with Crippen LogP contribution in [-0.2, 0) is 19.4 Å².